The number of hydrogen-bond donors (Lipinski definition) is 3. The largest absolute Gasteiger partial charge is 0.394 e. The number of nitrogen functional groups attached to an aromatic ring is 2. The van der Waals surface area contributed by atoms with Crippen molar-refractivity contribution in [3.8, 4) is 0 Å². The van der Waals surface area contributed by atoms with Gasteiger partial charge in [-0.3, -0.25) is 5.41 Å². The number of nitrogens with two attached hydrogens (primary N) is 2. The zero-order valence-electron chi connectivity index (χ0n) is 6.55. The predicted molar refractivity (Wildman–Crippen MR) is 44.6 cm³/mol. The van der Waals surface area contributed by atoms with Crippen molar-refractivity contribution in [3.63, 3.8) is 0 Å². The van der Waals surface area contributed by atoms with Crippen molar-refractivity contribution in [3.05, 3.63) is 5.69 Å². The van der Waals surface area contributed by atoms with Crippen molar-refractivity contribution in [1.82, 2.24) is 9.78 Å². The summed E-state index contributed by atoms with van der Waals surface area (Å²) < 4.78 is 1.31. The lowest BCUT2D eigenvalue weighted by Crippen LogP contribution is -2.11. The van der Waals surface area contributed by atoms with Gasteiger partial charge in [0, 0.05) is 0 Å². The van der Waals surface area contributed by atoms with E-state index >= 15 is 0 Å². The molecule has 1 aromatic heterocycles. The van der Waals surface area contributed by atoms with E-state index in [-0.39, 0.29) is 5.84 Å². The summed E-state index contributed by atoms with van der Waals surface area (Å²) in [5.74, 6) is 0.609. The molecule has 0 saturated carbocycles. The van der Waals surface area contributed by atoms with Crippen molar-refractivity contribution in [2.24, 2.45) is 0 Å². The molecule has 1 rings (SSSR count). The number of rotatable bonds is 0. The highest BCUT2D eigenvalue weighted by atomic mass is 15.3. The van der Waals surface area contributed by atoms with Crippen LogP contribution in [0.15, 0.2) is 0 Å². The highest BCUT2D eigenvalue weighted by Gasteiger charge is 2.08. The normalized spacial score (nSPS) is 10.0. The zero-order chi connectivity index (χ0) is 8.59. The average Bonchev–Trinajstić information content (AvgIpc) is 2.17. The molecule has 5 N–H and O–H groups in total. The second-order valence-corrected chi connectivity index (χ2v) is 2.38. The highest BCUT2D eigenvalue weighted by molar-refractivity contribution is 5.84. The molecule has 0 aliphatic rings. The number of anilines is 2. The molecule has 0 bridgehead atoms. The van der Waals surface area contributed by atoms with Crippen molar-refractivity contribution in [1.29, 1.82) is 5.41 Å². The van der Waals surface area contributed by atoms with Gasteiger partial charge in [-0.25, -0.2) is 4.68 Å². The third kappa shape index (κ3) is 1.04. The first kappa shape index (κ1) is 7.59. The number of nitrogens with zero attached hydrogens (tertiary/aromatic N) is 2. The molecule has 5 nitrogen and oxygen atoms in total. The van der Waals surface area contributed by atoms with Crippen LogP contribution in [0.4, 0.5) is 11.5 Å². The Kier molecular flexibility index (Phi) is 1.56. The van der Waals surface area contributed by atoms with Crippen LogP contribution in [0.25, 0.3) is 0 Å². The Bertz CT molecular complexity index is 298. The summed E-state index contributed by atoms with van der Waals surface area (Å²) in [5.41, 5.74) is 12.2. The average molecular weight is 153 g/mol. The van der Waals surface area contributed by atoms with Crippen molar-refractivity contribution >= 4 is 17.3 Å². The van der Waals surface area contributed by atoms with Gasteiger partial charge in [-0.2, -0.15) is 5.10 Å². The molecule has 1 aromatic rings. The molecule has 0 atom stereocenters. The Morgan fingerprint density at radius 2 is 2.09 bits per heavy atom. The van der Waals surface area contributed by atoms with Crippen molar-refractivity contribution < 1.29 is 0 Å². The molecular formula is C6H11N5. The second-order valence-electron chi connectivity index (χ2n) is 2.38. The molecule has 0 spiro atoms. The molecule has 0 aliphatic carbocycles. The third-order valence-corrected chi connectivity index (χ3v) is 1.46. The molecule has 0 fully saturated rings. The van der Waals surface area contributed by atoms with Crippen LogP contribution in [0, 0.1) is 12.3 Å². The van der Waals surface area contributed by atoms with Crippen LogP contribution in [0.3, 0.4) is 0 Å². The smallest absolute Gasteiger partial charge is 0.152 e. The van der Waals surface area contributed by atoms with E-state index in [1.807, 2.05) is 0 Å². The van der Waals surface area contributed by atoms with E-state index in [2.05, 4.69) is 5.10 Å². The molecule has 60 valence electrons. The van der Waals surface area contributed by atoms with Gasteiger partial charge in [0.15, 0.2) is 5.82 Å². The maximum atomic E-state index is 7.25. The van der Waals surface area contributed by atoms with E-state index in [0.717, 1.165) is 0 Å². The molecule has 0 aromatic carbocycles. The molecule has 0 radical (unpaired) electrons. The third-order valence-electron chi connectivity index (χ3n) is 1.46. The minimum absolute atomic E-state index is 0.266. The molecule has 0 unspecified atom stereocenters. The van der Waals surface area contributed by atoms with E-state index in [1.165, 1.54) is 4.68 Å². The lowest BCUT2D eigenvalue weighted by molar-refractivity contribution is 0.907. The van der Waals surface area contributed by atoms with E-state index in [0.29, 0.717) is 17.2 Å². The van der Waals surface area contributed by atoms with Crippen LogP contribution in [0.5, 0.6) is 0 Å². The van der Waals surface area contributed by atoms with Crippen LogP contribution in [-0.4, -0.2) is 15.6 Å². The minimum Gasteiger partial charge on any atom is -0.394 e. The Morgan fingerprint density at radius 3 is 2.27 bits per heavy atom. The first-order valence-corrected chi connectivity index (χ1v) is 3.20. The van der Waals surface area contributed by atoms with Gasteiger partial charge in [0.25, 0.3) is 0 Å². The fourth-order valence-electron chi connectivity index (χ4n) is 0.813. The monoisotopic (exact) mass is 153 g/mol. The fraction of sp³-hybridized carbons (Fsp3) is 0.333. The van der Waals surface area contributed by atoms with Gasteiger partial charge in [0.2, 0.25) is 0 Å². The lowest BCUT2D eigenvalue weighted by Gasteiger charge is -1.98. The SMILES string of the molecule is CC(=N)n1nc(C)c(N)c1N. The number of aromatic nitrogens is 2. The first-order valence-electron chi connectivity index (χ1n) is 3.20. The summed E-state index contributed by atoms with van der Waals surface area (Å²) in [4.78, 5) is 0. The summed E-state index contributed by atoms with van der Waals surface area (Å²) >= 11 is 0. The minimum atomic E-state index is 0.266. The van der Waals surface area contributed by atoms with Crippen LogP contribution in [0.2, 0.25) is 0 Å². The van der Waals surface area contributed by atoms with Crippen molar-refractivity contribution in [2.75, 3.05) is 11.5 Å². The fourth-order valence-corrected chi connectivity index (χ4v) is 0.813. The van der Waals surface area contributed by atoms with Gasteiger partial charge >= 0.3 is 0 Å². The van der Waals surface area contributed by atoms with E-state index < -0.39 is 0 Å². The molecular weight excluding hydrogens is 142 g/mol. The van der Waals surface area contributed by atoms with Gasteiger partial charge in [-0.1, -0.05) is 0 Å². The Labute approximate surface area is 64.5 Å². The lowest BCUT2D eigenvalue weighted by atomic mass is 10.4. The molecule has 11 heavy (non-hydrogen) atoms. The summed E-state index contributed by atoms with van der Waals surface area (Å²) in [7, 11) is 0. The van der Waals surface area contributed by atoms with Gasteiger partial charge in [0.05, 0.1) is 11.4 Å². The summed E-state index contributed by atoms with van der Waals surface area (Å²) in [6.07, 6.45) is 0. The van der Waals surface area contributed by atoms with Gasteiger partial charge < -0.3 is 11.5 Å². The molecule has 0 saturated heterocycles. The van der Waals surface area contributed by atoms with E-state index in [9.17, 15) is 0 Å². The molecule has 0 amide bonds. The summed E-state index contributed by atoms with van der Waals surface area (Å²) in [5, 5.41) is 11.2. The highest BCUT2D eigenvalue weighted by Crippen LogP contribution is 2.17. The van der Waals surface area contributed by atoms with Crippen LogP contribution < -0.4 is 11.5 Å². The van der Waals surface area contributed by atoms with Crippen LogP contribution in [-0.2, 0) is 0 Å². The quantitative estimate of drug-likeness (QED) is 0.367. The number of nitrogens with one attached hydrogen (secondary N) is 1. The number of hydrogen-bond acceptors (Lipinski definition) is 4. The summed E-state index contributed by atoms with van der Waals surface area (Å²) in [6, 6.07) is 0. The van der Waals surface area contributed by atoms with Gasteiger partial charge in [-0.15, -0.1) is 0 Å². The molecule has 5 heteroatoms. The van der Waals surface area contributed by atoms with Crippen LogP contribution >= 0.6 is 0 Å². The molecule has 0 aliphatic heterocycles. The van der Waals surface area contributed by atoms with Crippen molar-refractivity contribution in [2.45, 2.75) is 13.8 Å². The standard InChI is InChI=1S/C6H11N5/c1-3-5(8)6(9)11(10-3)4(2)7/h7H,8-9H2,1-2H3. The maximum absolute atomic E-state index is 7.25. The Balaban J connectivity index is 3.29. The Morgan fingerprint density at radius 1 is 1.55 bits per heavy atom. The van der Waals surface area contributed by atoms with E-state index in [4.69, 9.17) is 16.9 Å². The predicted octanol–water partition coefficient (Wildman–Crippen LogP) is 0.201. The van der Waals surface area contributed by atoms with Gasteiger partial charge in [-0.05, 0) is 13.8 Å². The van der Waals surface area contributed by atoms with Gasteiger partial charge in [0.1, 0.15) is 5.84 Å². The van der Waals surface area contributed by atoms with Crippen LogP contribution in [0.1, 0.15) is 12.6 Å². The zero-order valence-corrected chi connectivity index (χ0v) is 6.55. The second kappa shape index (κ2) is 2.26. The Hall–Kier alpha value is -1.52. The topological polar surface area (TPSA) is 93.7 Å². The molecule has 1 heterocycles. The van der Waals surface area contributed by atoms with E-state index in [1.54, 1.807) is 13.8 Å². The maximum Gasteiger partial charge on any atom is 0.152 e. The first-order chi connectivity index (χ1) is 5.04. The number of aryl methyl sites for hydroxylation is 1. The summed E-state index contributed by atoms with van der Waals surface area (Å²) in [6.45, 7) is 3.35.